The molecule has 1 spiro atoms. The lowest BCUT2D eigenvalue weighted by Crippen LogP contribution is -2.33. The van der Waals surface area contributed by atoms with E-state index in [-0.39, 0.29) is 0 Å². The Kier molecular flexibility index (Phi) is 3.12. The second-order valence-corrected chi connectivity index (χ2v) is 5.47. The van der Waals surface area contributed by atoms with Crippen LogP contribution in [0.2, 0.25) is 0 Å². The fourth-order valence-electron chi connectivity index (χ4n) is 3.11. The van der Waals surface area contributed by atoms with Crippen LogP contribution >= 0.6 is 0 Å². The maximum Gasteiger partial charge on any atom is 0.0573 e. The van der Waals surface area contributed by atoms with Gasteiger partial charge in [-0.05, 0) is 30.7 Å². The van der Waals surface area contributed by atoms with Gasteiger partial charge < -0.3 is 15.0 Å². The highest BCUT2D eigenvalue weighted by Gasteiger charge is 2.39. The summed E-state index contributed by atoms with van der Waals surface area (Å²) in [6.45, 7) is 4.17. The molecule has 2 fully saturated rings. The molecule has 3 heterocycles. The molecule has 3 rings (SSSR count). The van der Waals surface area contributed by atoms with E-state index in [0.717, 1.165) is 32.0 Å². The van der Waals surface area contributed by atoms with Crippen LogP contribution in [0.3, 0.4) is 0 Å². The molecule has 0 aromatic carbocycles. The van der Waals surface area contributed by atoms with Crippen molar-refractivity contribution < 1.29 is 4.74 Å². The third kappa shape index (κ3) is 2.17. The van der Waals surface area contributed by atoms with Crippen LogP contribution in [0.1, 0.15) is 19.3 Å². The van der Waals surface area contributed by atoms with Crippen molar-refractivity contribution in [2.75, 3.05) is 43.6 Å². The van der Waals surface area contributed by atoms with Gasteiger partial charge in [0.15, 0.2) is 0 Å². The maximum atomic E-state index is 5.49. The first kappa shape index (κ1) is 11.8. The molecular weight excluding hydrogens is 226 g/mol. The van der Waals surface area contributed by atoms with E-state index in [2.05, 4.69) is 21.3 Å². The normalized spacial score (nSPS) is 22.4. The average molecular weight is 247 g/mol. The van der Waals surface area contributed by atoms with Gasteiger partial charge in [-0.25, -0.2) is 0 Å². The topological polar surface area (TPSA) is 37.4 Å². The second kappa shape index (κ2) is 4.76. The number of nitrogens with zero attached hydrogens (tertiary/aromatic N) is 2. The molecule has 4 heteroatoms. The second-order valence-electron chi connectivity index (χ2n) is 5.47. The molecule has 4 nitrogen and oxygen atoms in total. The lowest BCUT2D eigenvalue weighted by molar-refractivity contribution is 0.0254. The Labute approximate surface area is 108 Å². The first-order chi connectivity index (χ1) is 8.81. The molecule has 98 valence electrons. The monoisotopic (exact) mass is 247 g/mol. The molecule has 0 amide bonds. The van der Waals surface area contributed by atoms with Crippen LogP contribution < -0.4 is 10.2 Å². The Morgan fingerprint density at radius 1 is 1.28 bits per heavy atom. The van der Waals surface area contributed by atoms with E-state index in [0.29, 0.717) is 5.41 Å². The molecule has 0 saturated carbocycles. The van der Waals surface area contributed by atoms with E-state index in [1.54, 1.807) is 0 Å². The summed E-state index contributed by atoms with van der Waals surface area (Å²) in [6.07, 6.45) is 7.55. The Balaban J connectivity index is 1.74. The van der Waals surface area contributed by atoms with Crippen LogP contribution in [-0.2, 0) is 4.74 Å². The Morgan fingerprint density at radius 3 is 2.89 bits per heavy atom. The molecular formula is C14H21N3O. The van der Waals surface area contributed by atoms with E-state index in [9.17, 15) is 0 Å². The van der Waals surface area contributed by atoms with Crippen LogP contribution in [0, 0.1) is 5.41 Å². The molecule has 1 aromatic rings. The largest absolute Gasteiger partial charge is 0.387 e. The molecule has 2 saturated heterocycles. The smallest absolute Gasteiger partial charge is 0.0573 e. The fraction of sp³-hybridized carbons (Fsp3) is 0.643. The summed E-state index contributed by atoms with van der Waals surface area (Å²) in [7, 11) is 1.94. The van der Waals surface area contributed by atoms with E-state index in [1.807, 2.05) is 19.4 Å². The van der Waals surface area contributed by atoms with Crippen molar-refractivity contribution >= 4 is 11.4 Å². The highest BCUT2D eigenvalue weighted by molar-refractivity contribution is 5.56. The first-order valence-electron chi connectivity index (χ1n) is 6.77. The quantitative estimate of drug-likeness (QED) is 0.868. The molecule has 1 aromatic heterocycles. The molecule has 0 unspecified atom stereocenters. The third-order valence-electron chi connectivity index (χ3n) is 4.37. The van der Waals surface area contributed by atoms with Gasteiger partial charge >= 0.3 is 0 Å². The predicted molar refractivity (Wildman–Crippen MR) is 73.1 cm³/mol. The van der Waals surface area contributed by atoms with Gasteiger partial charge in [-0.1, -0.05) is 0 Å². The molecule has 0 bridgehead atoms. The molecule has 2 aliphatic rings. The molecule has 18 heavy (non-hydrogen) atoms. The molecule has 0 aliphatic carbocycles. The summed E-state index contributed by atoms with van der Waals surface area (Å²) in [5, 5.41) is 3.15. The minimum atomic E-state index is 0.494. The standard InChI is InChI=1S/C14H21N3O/c1-15-12-8-13(10-16-9-12)17-5-2-14(11-17)3-6-18-7-4-14/h8-10,15H,2-7,11H2,1H3. The average Bonchev–Trinajstić information content (AvgIpc) is 2.83. The van der Waals surface area contributed by atoms with Gasteiger partial charge in [-0.2, -0.15) is 0 Å². The van der Waals surface area contributed by atoms with Gasteiger partial charge in [0.2, 0.25) is 0 Å². The van der Waals surface area contributed by atoms with Gasteiger partial charge in [-0.3, -0.25) is 4.98 Å². The number of aromatic nitrogens is 1. The van der Waals surface area contributed by atoms with Gasteiger partial charge in [0, 0.05) is 33.4 Å². The highest BCUT2D eigenvalue weighted by Crippen LogP contribution is 2.41. The summed E-state index contributed by atoms with van der Waals surface area (Å²) in [6, 6.07) is 2.19. The van der Waals surface area contributed by atoms with Crippen molar-refractivity contribution in [2.24, 2.45) is 5.41 Å². The Bertz CT molecular complexity index is 415. The van der Waals surface area contributed by atoms with Gasteiger partial charge in [0.1, 0.15) is 0 Å². The third-order valence-corrected chi connectivity index (χ3v) is 4.37. The summed E-state index contributed by atoms with van der Waals surface area (Å²) < 4.78 is 5.49. The number of pyridine rings is 1. The van der Waals surface area contributed by atoms with Crippen LogP contribution in [0.15, 0.2) is 18.5 Å². The number of nitrogens with one attached hydrogen (secondary N) is 1. The van der Waals surface area contributed by atoms with E-state index in [1.165, 1.54) is 24.9 Å². The summed E-state index contributed by atoms with van der Waals surface area (Å²) in [5.41, 5.74) is 2.82. The summed E-state index contributed by atoms with van der Waals surface area (Å²) in [5.74, 6) is 0. The van der Waals surface area contributed by atoms with Crippen molar-refractivity contribution in [1.29, 1.82) is 0 Å². The molecule has 0 atom stereocenters. The van der Waals surface area contributed by atoms with Gasteiger partial charge in [0.05, 0.1) is 23.8 Å². The van der Waals surface area contributed by atoms with Crippen molar-refractivity contribution in [3.05, 3.63) is 18.5 Å². The van der Waals surface area contributed by atoms with Crippen molar-refractivity contribution in [2.45, 2.75) is 19.3 Å². The molecule has 0 radical (unpaired) electrons. The fourth-order valence-corrected chi connectivity index (χ4v) is 3.11. The Morgan fingerprint density at radius 2 is 2.11 bits per heavy atom. The first-order valence-corrected chi connectivity index (χ1v) is 6.77. The van der Waals surface area contributed by atoms with Crippen LogP contribution in [-0.4, -0.2) is 38.3 Å². The number of hydrogen-bond donors (Lipinski definition) is 1. The number of hydrogen-bond acceptors (Lipinski definition) is 4. The number of rotatable bonds is 2. The molecule has 1 N–H and O–H groups in total. The number of anilines is 2. The van der Waals surface area contributed by atoms with Gasteiger partial charge in [-0.15, -0.1) is 0 Å². The van der Waals surface area contributed by atoms with E-state index < -0.39 is 0 Å². The zero-order chi connectivity index (χ0) is 12.4. The lowest BCUT2D eigenvalue weighted by Gasteiger charge is -2.33. The maximum absolute atomic E-state index is 5.49. The zero-order valence-corrected chi connectivity index (χ0v) is 11.0. The van der Waals surface area contributed by atoms with Gasteiger partial charge in [0.25, 0.3) is 0 Å². The van der Waals surface area contributed by atoms with Crippen LogP contribution in [0.5, 0.6) is 0 Å². The Hall–Kier alpha value is -1.29. The SMILES string of the molecule is CNc1cncc(N2CCC3(CCOCC3)C2)c1. The van der Waals surface area contributed by atoms with Crippen LogP contribution in [0.4, 0.5) is 11.4 Å². The minimum Gasteiger partial charge on any atom is -0.387 e. The predicted octanol–water partition coefficient (Wildman–Crippen LogP) is 2.13. The molecule has 2 aliphatic heterocycles. The van der Waals surface area contributed by atoms with E-state index >= 15 is 0 Å². The minimum absolute atomic E-state index is 0.494. The zero-order valence-electron chi connectivity index (χ0n) is 11.0. The number of ether oxygens (including phenoxy) is 1. The van der Waals surface area contributed by atoms with Crippen molar-refractivity contribution in [1.82, 2.24) is 4.98 Å². The van der Waals surface area contributed by atoms with E-state index in [4.69, 9.17) is 4.74 Å². The lowest BCUT2D eigenvalue weighted by atomic mass is 9.80. The summed E-state index contributed by atoms with van der Waals surface area (Å²) >= 11 is 0. The van der Waals surface area contributed by atoms with Crippen molar-refractivity contribution in [3.8, 4) is 0 Å². The highest BCUT2D eigenvalue weighted by atomic mass is 16.5. The van der Waals surface area contributed by atoms with Crippen LogP contribution in [0.25, 0.3) is 0 Å². The van der Waals surface area contributed by atoms with Crippen molar-refractivity contribution in [3.63, 3.8) is 0 Å². The summed E-state index contributed by atoms with van der Waals surface area (Å²) in [4.78, 5) is 6.78.